The Morgan fingerprint density at radius 2 is 2.23 bits per heavy atom. The highest BCUT2D eigenvalue weighted by atomic mass is 16.2. The zero-order valence-corrected chi connectivity index (χ0v) is 8.05. The molecule has 4 nitrogen and oxygen atoms in total. The van der Waals surface area contributed by atoms with Crippen molar-refractivity contribution >= 4 is 12.1 Å². The Morgan fingerprint density at radius 3 is 2.77 bits per heavy atom. The highest BCUT2D eigenvalue weighted by Gasteiger charge is 2.17. The number of hydrogen-bond donors (Lipinski definition) is 2. The van der Waals surface area contributed by atoms with Crippen LogP contribution < -0.4 is 5.32 Å². The largest absolute Gasteiger partial charge is 0.391 e. The van der Waals surface area contributed by atoms with Crippen molar-refractivity contribution in [2.45, 2.75) is 12.8 Å². The second kappa shape index (κ2) is 4.07. The highest BCUT2D eigenvalue weighted by molar-refractivity contribution is 5.83. The number of allylic oxidation sites excluding steroid dienone is 1. The normalized spacial score (nSPS) is 18.6. The van der Waals surface area contributed by atoms with E-state index in [-0.39, 0.29) is 5.91 Å². The molecule has 0 spiro atoms. The summed E-state index contributed by atoms with van der Waals surface area (Å²) in [4.78, 5) is 13.0. The van der Waals surface area contributed by atoms with Crippen LogP contribution in [0.3, 0.4) is 0 Å². The predicted molar refractivity (Wildman–Crippen MR) is 51.7 cm³/mol. The molecule has 4 heteroatoms. The molecule has 72 valence electrons. The minimum atomic E-state index is 0.143. The summed E-state index contributed by atoms with van der Waals surface area (Å²) in [5.41, 5.74) is 1.91. The Kier molecular flexibility index (Phi) is 3.06. The van der Waals surface area contributed by atoms with E-state index in [1.807, 2.05) is 7.05 Å². The van der Waals surface area contributed by atoms with Gasteiger partial charge < -0.3 is 15.6 Å². The van der Waals surface area contributed by atoms with Crippen LogP contribution in [0.5, 0.6) is 0 Å². The van der Waals surface area contributed by atoms with Gasteiger partial charge in [-0.05, 0) is 6.42 Å². The van der Waals surface area contributed by atoms with E-state index in [1.165, 1.54) is 6.21 Å². The van der Waals surface area contributed by atoms with Gasteiger partial charge in [-0.3, -0.25) is 4.79 Å². The van der Waals surface area contributed by atoms with E-state index in [4.69, 9.17) is 5.41 Å². The van der Waals surface area contributed by atoms with Gasteiger partial charge in [0, 0.05) is 44.5 Å². The van der Waals surface area contributed by atoms with E-state index < -0.39 is 0 Å². The van der Waals surface area contributed by atoms with Gasteiger partial charge in [-0.2, -0.15) is 0 Å². The van der Waals surface area contributed by atoms with Crippen molar-refractivity contribution in [2.24, 2.45) is 0 Å². The number of carbonyl (C=O) groups is 1. The van der Waals surface area contributed by atoms with Crippen LogP contribution >= 0.6 is 0 Å². The van der Waals surface area contributed by atoms with Crippen molar-refractivity contribution in [3.63, 3.8) is 0 Å². The number of carbonyl (C=O) groups excluding carboxylic acids is 1. The van der Waals surface area contributed by atoms with Gasteiger partial charge in [-0.1, -0.05) is 0 Å². The Morgan fingerprint density at radius 1 is 1.54 bits per heavy atom. The Balaban J connectivity index is 2.87. The van der Waals surface area contributed by atoms with Crippen LogP contribution in [-0.4, -0.2) is 37.7 Å². The molecule has 0 aromatic heterocycles. The number of hydrogen-bond acceptors (Lipinski definition) is 3. The molecule has 0 aromatic rings. The molecule has 0 atom stereocenters. The van der Waals surface area contributed by atoms with E-state index in [9.17, 15) is 4.79 Å². The van der Waals surface area contributed by atoms with Crippen molar-refractivity contribution in [1.29, 1.82) is 5.41 Å². The molecule has 2 N–H and O–H groups in total. The first-order valence-electron chi connectivity index (χ1n) is 4.33. The summed E-state index contributed by atoms with van der Waals surface area (Å²) in [6, 6.07) is 0. The van der Waals surface area contributed by atoms with E-state index >= 15 is 0 Å². The molecular formula is C9H15N3O. The molecule has 0 saturated heterocycles. The van der Waals surface area contributed by atoms with Gasteiger partial charge in [0.1, 0.15) is 0 Å². The number of rotatable bonds is 2. The van der Waals surface area contributed by atoms with Gasteiger partial charge >= 0.3 is 0 Å². The number of likely N-dealkylation sites (N-methyl/N-ethyl adjacent to an activating group) is 1. The van der Waals surface area contributed by atoms with E-state index in [0.29, 0.717) is 19.4 Å². The molecule has 1 rings (SSSR count). The quantitative estimate of drug-likeness (QED) is 0.604. The third kappa shape index (κ3) is 2.08. The molecular weight excluding hydrogens is 166 g/mol. The fraction of sp³-hybridized carbons (Fsp3) is 0.556. The molecule has 0 saturated carbocycles. The van der Waals surface area contributed by atoms with Crippen LogP contribution in [0.2, 0.25) is 0 Å². The van der Waals surface area contributed by atoms with Crippen molar-refractivity contribution in [3.8, 4) is 0 Å². The lowest BCUT2D eigenvalue weighted by atomic mass is 10.1. The number of amides is 1. The van der Waals surface area contributed by atoms with Crippen LogP contribution in [0.15, 0.2) is 11.3 Å². The Hall–Kier alpha value is -1.32. The van der Waals surface area contributed by atoms with E-state index in [1.54, 1.807) is 11.9 Å². The highest BCUT2D eigenvalue weighted by Crippen LogP contribution is 2.13. The summed E-state index contributed by atoms with van der Waals surface area (Å²) < 4.78 is 0. The van der Waals surface area contributed by atoms with Crippen molar-refractivity contribution in [2.75, 3.05) is 20.6 Å². The maximum atomic E-state index is 11.3. The van der Waals surface area contributed by atoms with E-state index in [0.717, 1.165) is 11.3 Å². The molecule has 0 aromatic carbocycles. The summed E-state index contributed by atoms with van der Waals surface area (Å²) in [5, 5.41) is 10.3. The van der Waals surface area contributed by atoms with Crippen LogP contribution in [0.1, 0.15) is 12.8 Å². The molecule has 0 bridgehead atoms. The second-order valence-corrected chi connectivity index (χ2v) is 3.15. The average molecular weight is 181 g/mol. The molecule has 1 heterocycles. The maximum absolute atomic E-state index is 11.3. The zero-order chi connectivity index (χ0) is 9.84. The third-order valence-electron chi connectivity index (χ3n) is 2.29. The van der Waals surface area contributed by atoms with Crippen LogP contribution in [0, 0.1) is 5.41 Å². The maximum Gasteiger partial charge on any atom is 0.223 e. The summed E-state index contributed by atoms with van der Waals surface area (Å²) in [7, 11) is 3.60. The molecule has 1 aliphatic heterocycles. The predicted octanol–water partition coefficient (Wildman–Crippen LogP) is 0.362. The molecule has 0 fully saturated rings. The molecule has 1 amide bonds. The fourth-order valence-electron chi connectivity index (χ4n) is 1.44. The van der Waals surface area contributed by atoms with Crippen molar-refractivity contribution in [1.82, 2.24) is 10.2 Å². The lowest BCUT2D eigenvalue weighted by molar-refractivity contribution is -0.129. The second-order valence-electron chi connectivity index (χ2n) is 3.15. The summed E-state index contributed by atoms with van der Waals surface area (Å²) >= 11 is 0. The average Bonchev–Trinajstić information content (AvgIpc) is 2.27. The minimum Gasteiger partial charge on any atom is -0.391 e. The first-order valence-corrected chi connectivity index (χ1v) is 4.33. The monoisotopic (exact) mass is 181 g/mol. The van der Waals surface area contributed by atoms with Gasteiger partial charge in [0.2, 0.25) is 5.91 Å². The van der Waals surface area contributed by atoms with Gasteiger partial charge in [0.25, 0.3) is 0 Å². The van der Waals surface area contributed by atoms with Crippen LogP contribution in [-0.2, 0) is 4.79 Å². The van der Waals surface area contributed by atoms with Crippen LogP contribution in [0.4, 0.5) is 0 Å². The lowest BCUT2D eigenvalue weighted by Gasteiger charge is -2.14. The SMILES string of the molecule is CNC1=C(C=N)CN(C)C(=O)CC1. The first-order chi connectivity index (χ1) is 6.19. The summed E-state index contributed by atoms with van der Waals surface area (Å²) in [5.74, 6) is 0.143. The molecule has 0 radical (unpaired) electrons. The van der Waals surface area contributed by atoms with Crippen molar-refractivity contribution < 1.29 is 4.79 Å². The zero-order valence-electron chi connectivity index (χ0n) is 8.05. The summed E-state index contributed by atoms with van der Waals surface area (Å²) in [6.45, 7) is 0.540. The summed E-state index contributed by atoms with van der Waals surface area (Å²) in [6.07, 6.45) is 2.56. The molecule has 13 heavy (non-hydrogen) atoms. The molecule has 1 aliphatic rings. The molecule has 0 aliphatic carbocycles. The van der Waals surface area contributed by atoms with Crippen molar-refractivity contribution in [3.05, 3.63) is 11.3 Å². The van der Waals surface area contributed by atoms with Gasteiger partial charge in [0.15, 0.2) is 0 Å². The number of nitrogens with zero attached hydrogens (tertiary/aromatic N) is 1. The fourth-order valence-corrected chi connectivity index (χ4v) is 1.44. The topological polar surface area (TPSA) is 56.2 Å². The molecule has 0 unspecified atom stereocenters. The number of nitrogens with one attached hydrogen (secondary N) is 2. The van der Waals surface area contributed by atoms with Crippen LogP contribution in [0.25, 0.3) is 0 Å². The standard InChI is InChI=1S/C9H15N3O/c1-11-8-3-4-9(13)12(2)6-7(8)5-10/h5,10-11H,3-4,6H2,1-2H3. The lowest BCUT2D eigenvalue weighted by Crippen LogP contribution is -2.27. The first kappa shape index (κ1) is 9.77. The van der Waals surface area contributed by atoms with E-state index in [2.05, 4.69) is 5.32 Å². The van der Waals surface area contributed by atoms with Gasteiger partial charge in [-0.15, -0.1) is 0 Å². The third-order valence-corrected chi connectivity index (χ3v) is 2.29. The van der Waals surface area contributed by atoms with Gasteiger partial charge in [0.05, 0.1) is 0 Å². The minimum absolute atomic E-state index is 0.143. The smallest absolute Gasteiger partial charge is 0.223 e. The van der Waals surface area contributed by atoms with Gasteiger partial charge in [-0.25, -0.2) is 0 Å². The Labute approximate surface area is 78.1 Å². The Bertz CT molecular complexity index is 258.